The average molecular weight is 219 g/mol. The van der Waals surface area contributed by atoms with E-state index in [-0.39, 0.29) is 5.54 Å². The molecular weight excluding hydrogens is 198 g/mol. The summed E-state index contributed by atoms with van der Waals surface area (Å²) in [6, 6.07) is 8.36. The molecule has 6 N–H and O–H groups in total. The van der Waals surface area contributed by atoms with Crippen molar-refractivity contribution in [1.29, 1.82) is 0 Å². The number of nitrogens with two attached hydrogens (primary N) is 3. The van der Waals surface area contributed by atoms with E-state index in [4.69, 9.17) is 17.2 Å². The minimum Gasteiger partial charge on any atom is -0.399 e. The fourth-order valence-electron chi connectivity index (χ4n) is 2.43. The summed E-state index contributed by atoms with van der Waals surface area (Å²) in [5, 5.41) is 0. The number of hydrogen-bond donors (Lipinski definition) is 3. The molecule has 3 nitrogen and oxygen atoms in total. The Bertz CT molecular complexity index is 337. The zero-order valence-corrected chi connectivity index (χ0v) is 9.65. The van der Waals surface area contributed by atoms with Crippen molar-refractivity contribution >= 4 is 5.69 Å². The molecule has 3 heteroatoms. The molecule has 1 aliphatic rings. The Morgan fingerprint density at radius 3 is 2.25 bits per heavy atom. The van der Waals surface area contributed by atoms with Crippen LogP contribution >= 0.6 is 0 Å². The molecule has 1 saturated carbocycles. The number of benzene rings is 1. The van der Waals surface area contributed by atoms with E-state index < -0.39 is 0 Å². The molecule has 1 aromatic carbocycles. The molecule has 2 rings (SSSR count). The van der Waals surface area contributed by atoms with Gasteiger partial charge in [-0.1, -0.05) is 12.1 Å². The quantitative estimate of drug-likeness (QED) is 0.658. The molecule has 1 fully saturated rings. The van der Waals surface area contributed by atoms with Crippen LogP contribution in [0.3, 0.4) is 0 Å². The number of anilines is 1. The van der Waals surface area contributed by atoms with E-state index in [0.29, 0.717) is 6.04 Å². The number of hydrogen-bond acceptors (Lipinski definition) is 3. The van der Waals surface area contributed by atoms with Gasteiger partial charge >= 0.3 is 0 Å². The van der Waals surface area contributed by atoms with E-state index in [0.717, 1.165) is 37.8 Å². The molecule has 0 radical (unpaired) electrons. The Balaban J connectivity index is 2.00. The van der Waals surface area contributed by atoms with Crippen molar-refractivity contribution in [2.75, 3.05) is 5.73 Å². The highest BCUT2D eigenvalue weighted by Crippen LogP contribution is 2.28. The van der Waals surface area contributed by atoms with Crippen molar-refractivity contribution in [1.82, 2.24) is 0 Å². The van der Waals surface area contributed by atoms with Gasteiger partial charge in [0.1, 0.15) is 0 Å². The van der Waals surface area contributed by atoms with Gasteiger partial charge in [0, 0.05) is 17.3 Å². The van der Waals surface area contributed by atoms with Gasteiger partial charge in [-0.15, -0.1) is 0 Å². The van der Waals surface area contributed by atoms with Crippen molar-refractivity contribution in [2.45, 2.75) is 43.7 Å². The molecule has 16 heavy (non-hydrogen) atoms. The second-order valence-electron chi connectivity index (χ2n) is 5.12. The van der Waals surface area contributed by atoms with E-state index in [1.54, 1.807) is 0 Å². The first-order chi connectivity index (χ1) is 7.57. The Morgan fingerprint density at radius 2 is 1.69 bits per heavy atom. The smallest absolute Gasteiger partial charge is 0.0314 e. The molecule has 88 valence electrons. The minimum atomic E-state index is -0.0635. The van der Waals surface area contributed by atoms with E-state index in [2.05, 4.69) is 12.1 Å². The Kier molecular flexibility index (Phi) is 3.17. The zero-order valence-electron chi connectivity index (χ0n) is 9.65. The van der Waals surface area contributed by atoms with Crippen LogP contribution in [0.4, 0.5) is 5.69 Å². The van der Waals surface area contributed by atoms with Crippen molar-refractivity contribution in [3.63, 3.8) is 0 Å². The minimum absolute atomic E-state index is 0.0635. The summed E-state index contributed by atoms with van der Waals surface area (Å²) in [5.41, 5.74) is 20.0. The van der Waals surface area contributed by atoms with E-state index in [9.17, 15) is 0 Å². The van der Waals surface area contributed by atoms with E-state index >= 15 is 0 Å². The lowest BCUT2D eigenvalue weighted by molar-refractivity contribution is 0.271. The van der Waals surface area contributed by atoms with Crippen molar-refractivity contribution in [3.05, 3.63) is 29.8 Å². The zero-order chi connectivity index (χ0) is 11.6. The molecule has 0 atom stereocenters. The monoisotopic (exact) mass is 219 g/mol. The van der Waals surface area contributed by atoms with Crippen LogP contribution in [-0.2, 0) is 6.42 Å². The first-order valence-electron chi connectivity index (χ1n) is 5.96. The van der Waals surface area contributed by atoms with Gasteiger partial charge in [0.2, 0.25) is 0 Å². The highest BCUT2D eigenvalue weighted by molar-refractivity contribution is 5.39. The maximum absolute atomic E-state index is 6.40. The largest absolute Gasteiger partial charge is 0.399 e. The molecule has 0 spiro atoms. The number of nitrogen functional groups attached to an aromatic ring is 1. The predicted molar refractivity (Wildman–Crippen MR) is 67.9 cm³/mol. The van der Waals surface area contributed by atoms with Gasteiger partial charge in [0.05, 0.1) is 0 Å². The number of rotatable bonds is 2. The van der Waals surface area contributed by atoms with Crippen LogP contribution in [0, 0.1) is 0 Å². The summed E-state index contributed by atoms with van der Waals surface area (Å²) in [6.45, 7) is 0. The van der Waals surface area contributed by atoms with Gasteiger partial charge in [-0.25, -0.2) is 0 Å². The van der Waals surface area contributed by atoms with Crippen LogP contribution in [-0.4, -0.2) is 11.6 Å². The van der Waals surface area contributed by atoms with Crippen LogP contribution in [0.15, 0.2) is 24.3 Å². The maximum Gasteiger partial charge on any atom is 0.0314 e. The molecule has 0 aliphatic heterocycles. The summed E-state index contributed by atoms with van der Waals surface area (Å²) in [6.07, 6.45) is 5.08. The predicted octanol–water partition coefficient (Wildman–Crippen LogP) is 1.41. The molecular formula is C13H21N3. The summed E-state index contributed by atoms with van der Waals surface area (Å²) in [7, 11) is 0. The van der Waals surface area contributed by atoms with Crippen LogP contribution in [0.5, 0.6) is 0 Å². The van der Waals surface area contributed by atoms with Gasteiger partial charge in [-0.2, -0.15) is 0 Å². The summed E-state index contributed by atoms with van der Waals surface area (Å²) in [5.74, 6) is 0. The Morgan fingerprint density at radius 1 is 1.12 bits per heavy atom. The third-order valence-electron chi connectivity index (χ3n) is 3.56. The van der Waals surface area contributed by atoms with Gasteiger partial charge in [-0.3, -0.25) is 0 Å². The first-order valence-corrected chi connectivity index (χ1v) is 5.96. The lowest BCUT2D eigenvalue weighted by Gasteiger charge is -2.36. The second-order valence-corrected chi connectivity index (χ2v) is 5.12. The fourth-order valence-corrected chi connectivity index (χ4v) is 2.43. The van der Waals surface area contributed by atoms with Gasteiger partial charge in [0.25, 0.3) is 0 Å². The third-order valence-corrected chi connectivity index (χ3v) is 3.56. The lowest BCUT2D eigenvalue weighted by atomic mass is 9.77. The van der Waals surface area contributed by atoms with Crippen LogP contribution in [0.25, 0.3) is 0 Å². The van der Waals surface area contributed by atoms with Crippen LogP contribution in [0.1, 0.15) is 31.2 Å². The standard InChI is InChI=1S/C13H21N3/c14-11-3-1-10(2-4-11)9-13(16)7-5-12(15)6-8-13/h1-4,12H,5-9,14-16H2. The Hall–Kier alpha value is -1.06. The van der Waals surface area contributed by atoms with Crippen molar-refractivity contribution < 1.29 is 0 Å². The van der Waals surface area contributed by atoms with Gasteiger partial charge in [-0.05, 0) is 49.8 Å². The highest BCUT2D eigenvalue weighted by Gasteiger charge is 2.30. The molecule has 1 aliphatic carbocycles. The van der Waals surface area contributed by atoms with Gasteiger partial charge in [0.15, 0.2) is 0 Å². The van der Waals surface area contributed by atoms with Crippen LogP contribution < -0.4 is 17.2 Å². The van der Waals surface area contributed by atoms with Crippen LogP contribution in [0.2, 0.25) is 0 Å². The molecule has 1 aromatic rings. The SMILES string of the molecule is Nc1ccc(CC2(N)CCC(N)CC2)cc1. The summed E-state index contributed by atoms with van der Waals surface area (Å²) in [4.78, 5) is 0. The fraction of sp³-hybridized carbons (Fsp3) is 0.538. The maximum atomic E-state index is 6.40. The highest BCUT2D eigenvalue weighted by atomic mass is 14.8. The molecule has 0 amide bonds. The normalized spacial score (nSPS) is 30.2. The topological polar surface area (TPSA) is 78.1 Å². The molecule has 0 bridgehead atoms. The summed E-state index contributed by atoms with van der Waals surface area (Å²) < 4.78 is 0. The van der Waals surface area contributed by atoms with Crippen molar-refractivity contribution in [2.24, 2.45) is 11.5 Å². The third kappa shape index (κ3) is 2.74. The molecule has 0 aromatic heterocycles. The van der Waals surface area contributed by atoms with Crippen molar-refractivity contribution in [3.8, 4) is 0 Å². The lowest BCUT2D eigenvalue weighted by Crippen LogP contribution is -2.47. The van der Waals surface area contributed by atoms with Gasteiger partial charge < -0.3 is 17.2 Å². The van der Waals surface area contributed by atoms with E-state index in [1.807, 2.05) is 12.1 Å². The molecule has 0 heterocycles. The average Bonchev–Trinajstić information content (AvgIpc) is 2.27. The molecule has 0 unspecified atom stereocenters. The Labute approximate surface area is 97.0 Å². The second kappa shape index (κ2) is 4.44. The first kappa shape index (κ1) is 11.4. The summed E-state index contributed by atoms with van der Waals surface area (Å²) >= 11 is 0. The van der Waals surface area contributed by atoms with E-state index in [1.165, 1.54) is 5.56 Å². The molecule has 0 saturated heterocycles.